The van der Waals surface area contributed by atoms with Gasteiger partial charge in [0.25, 0.3) is 0 Å². The van der Waals surface area contributed by atoms with Crippen LogP contribution >= 0.6 is 11.6 Å². The maximum absolute atomic E-state index is 13.7. The molecule has 2 nitrogen and oxygen atoms in total. The predicted molar refractivity (Wildman–Crippen MR) is 84.1 cm³/mol. The van der Waals surface area contributed by atoms with Gasteiger partial charge in [0.05, 0.1) is 5.02 Å². The molecule has 0 aliphatic rings. The van der Waals surface area contributed by atoms with E-state index in [0.717, 1.165) is 18.7 Å². The third-order valence-electron chi connectivity index (χ3n) is 2.96. The normalized spacial score (nSPS) is 10.4. The number of hydrogen-bond donors (Lipinski definition) is 1. The van der Waals surface area contributed by atoms with Gasteiger partial charge in [-0.15, -0.1) is 6.58 Å². The molecule has 2 aromatic rings. The zero-order chi connectivity index (χ0) is 15.1. The summed E-state index contributed by atoms with van der Waals surface area (Å²) < 4.78 is 19.3. The number of benzene rings is 2. The molecule has 0 bridgehead atoms. The molecular formula is C17H17ClFNO. The quantitative estimate of drug-likeness (QED) is 0.607. The molecule has 0 aliphatic heterocycles. The van der Waals surface area contributed by atoms with E-state index in [1.165, 1.54) is 6.07 Å². The van der Waals surface area contributed by atoms with E-state index in [9.17, 15) is 4.39 Å². The van der Waals surface area contributed by atoms with E-state index in [1.807, 2.05) is 24.3 Å². The Morgan fingerprint density at radius 3 is 2.81 bits per heavy atom. The Hall–Kier alpha value is -1.84. The molecule has 0 amide bonds. The third kappa shape index (κ3) is 4.59. The molecule has 0 saturated carbocycles. The van der Waals surface area contributed by atoms with E-state index in [1.54, 1.807) is 18.2 Å². The molecule has 0 saturated heterocycles. The van der Waals surface area contributed by atoms with Gasteiger partial charge >= 0.3 is 0 Å². The van der Waals surface area contributed by atoms with Gasteiger partial charge < -0.3 is 10.1 Å². The zero-order valence-electron chi connectivity index (χ0n) is 11.6. The highest BCUT2D eigenvalue weighted by Gasteiger charge is 2.07. The summed E-state index contributed by atoms with van der Waals surface area (Å²) in [6, 6.07) is 12.3. The molecule has 21 heavy (non-hydrogen) atoms. The van der Waals surface area contributed by atoms with Crippen molar-refractivity contribution in [1.29, 1.82) is 0 Å². The SMILES string of the molecule is C=CCNCc1cccc(OCc2c(F)cccc2Cl)c1. The van der Waals surface area contributed by atoms with Crippen LogP contribution in [0.4, 0.5) is 4.39 Å². The second-order valence-electron chi connectivity index (χ2n) is 4.56. The van der Waals surface area contributed by atoms with Gasteiger partial charge in [-0.25, -0.2) is 4.39 Å². The molecule has 4 heteroatoms. The molecule has 0 unspecified atom stereocenters. The molecule has 0 radical (unpaired) electrons. The van der Waals surface area contributed by atoms with E-state index in [0.29, 0.717) is 16.3 Å². The second kappa shape index (κ2) is 7.81. The molecule has 2 aromatic carbocycles. The van der Waals surface area contributed by atoms with Gasteiger partial charge in [0.2, 0.25) is 0 Å². The molecule has 0 atom stereocenters. The fourth-order valence-electron chi connectivity index (χ4n) is 1.89. The monoisotopic (exact) mass is 305 g/mol. The molecule has 0 fully saturated rings. The van der Waals surface area contributed by atoms with E-state index >= 15 is 0 Å². The summed E-state index contributed by atoms with van der Waals surface area (Å²) in [5.41, 5.74) is 1.46. The lowest BCUT2D eigenvalue weighted by molar-refractivity contribution is 0.299. The van der Waals surface area contributed by atoms with Gasteiger partial charge in [-0.1, -0.05) is 35.9 Å². The molecule has 0 spiro atoms. The summed E-state index contributed by atoms with van der Waals surface area (Å²) in [4.78, 5) is 0. The van der Waals surface area contributed by atoms with Crippen molar-refractivity contribution in [3.8, 4) is 5.75 Å². The minimum atomic E-state index is -0.355. The van der Waals surface area contributed by atoms with E-state index in [-0.39, 0.29) is 12.4 Å². The summed E-state index contributed by atoms with van der Waals surface area (Å²) in [5, 5.41) is 3.59. The largest absolute Gasteiger partial charge is 0.489 e. The van der Waals surface area contributed by atoms with Crippen LogP contribution in [-0.4, -0.2) is 6.54 Å². The number of rotatable bonds is 7. The molecule has 0 aliphatic carbocycles. The van der Waals surface area contributed by atoms with Crippen LogP contribution in [0.3, 0.4) is 0 Å². The lowest BCUT2D eigenvalue weighted by Crippen LogP contribution is -2.12. The van der Waals surface area contributed by atoms with Crippen molar-refractivity contribution >= 4 is 11.6 Å². The first-order valence-corrected chi connectivity index (χ1v) is 7.04. The Bertz CT molecular complexity index is 595. The second-order valence-corrected chi connectivity index (χ2v) is 4.96. The van der Waals surface area contributed by atoms with Crippen molar-refractivity contribution in [3.63, 3.8) is 0 Å². The zero-order valence-corrected chi connectivity index (χ0v) is 12.4. The van der Waals surface area contributed by atoms with Crippen LogP contribution in [0.15, 0.2) is 55.1 Å². The molecular weight excluding hydrogens is 289 g/mol. The van der Waals surface area contributed by atoms with Crippen molar-refractivity contribution in [2.75, 3.05) is 6.54 Å². The lowest BCUT2D eigenvalue weighted by atomic mass is 10.2. The highest BCUT2D eigenvalue weighted by atomic mass is 35.5. The van der Waals surface area contributed by atoms with Crippen LogP contribution in [-0.2, 0) is 13.2 Å². The van der Waals surface area contributed by atoms with Gasteiger partial charge in [-0.05, 0) is 29.8 Å². The van der Waals surface area contributed by atoms with Crippen LogP contribution in [0.25, 0.3) is 0 Å². The molecule has 110 valence electrons. The van der Waals surface area contributed by atoms with Crippen LogP contribution in [0, 0.1) is 5.82 Å². The Balaban J connectivity index is 2.00. The van der Waals surface area contributed by atoms with Crippen molar-refractivity contribution in [2.24, 2.45) is 0 Å². The van der Waals surface area contributed by atoms with Crippen molar-refractivity contribution < 1.29 is 9.13 Å². The van der Waals surface area contributed by atoms with Gasteiger partial charge in [0.1, 0.15) is 18.2 Å². The summed E-state index contributed by atoms with van der Waals surface area (Å²) in [6.07, 6.45) is 1.81. The smallest absolute Gasteiger partial charge is 0.131 e. The summed E-state index contributed by atoms with van der Waals surface area (Å²) >= 11 is 5.97. The van der Waals surface area contributed by atoms with Gasteiger partial charge in [-0.3, -0.25) is 0 Å². The van der Waals surface area contributed by atoms with E-state index in [4.69, 9.17) is 16.3 Å². The van der Waals surface area contributed by atoms with Crippen LogP contribution < -0.4 is 10.1 Å². The number of nitrogens with one attached hydrogen (secondary N) is 1. The number of halogens is 2. The number of ether oxygens (including phenoxy) is 1. The van der Waals surface area contributed by atoms with Crippen LogP contribution in [0.1, 0.15) is 11.1 Å². The summed E-state index contributed by atoms with van der Waals surface area (Å²) in [6.45, 7) is 5.23. The number of hydrogen-bond acceptors (Lipinski definition) is 2. The fraction of sp³-hybridized carbons (Fsp3) is 0.176. The highest BCUT2D eigenvalue weighted by Crippen LogP contribution is 2.22. The molecule has 2 rings (SSSR count). The fourth-order valence-corrected chi connectivity index (χ4v) is 2.11. The van der Waals surface area contributed by atoms with Crippen LogP contribution in [0.5, 0.6) is 5.75 Å². The Morgan fingerprint density at radius 1 is 1.24 bits per heavy atom. The van der Waals surface area contributed by atoms with Crippen LogP contribution in [0.2, 0.25) is 5.02 Å². The first-order valence-electron chi connectivity index (χ1n) is 6.67. The lowest BCUT2D eigenvalue weighted by Gasteiger charge is -2.10. The summed E-state index contributed by atoms with van der Waals surface area (Å²) in [5.74, 6) is 0.332. The summed E-state index contributed by atoms with van der Waals surface area (Å²) in [7, 11) is 0. The maximum Gasteiger partial charge on any atom is 0.131 e. The molecule has 1 N–H and O–H groups in total. The highest BCUT2D eigenvalue weighted by molar-refractivity contribution is 6.31. The van der Waals surface area contributed by atoms with E-state index < -0.39 is 0 Å². The van der Waals surface area contributed by atoms with Crippen molar-refractivity contribution in [3.05, 3.63) is 77.1 Å². The molecule has 0 aromatic heterocycles. The Kier molecular flexibility index (Phi) is 5.78. The Labute approximate surface area is 129 Å². The topological polar surface area (TPSA) is 21.3 Å². The first kappa shape index (κ1) is 15.5. The van der Waals surface area contributed by atoms with E-state index in [2.05, 4.69) is 11.9 Å². The standard InChI is InChI=1S/C17H17ClFNO/c1-2-9-20-11-13-5-3-6-14(10-13)21-12-15-16(18)7-4-8-17(15)19/h2-8,10,20H,1,9,11-12H2. The third-order valence-corrected chi connectivity index (χ3v) is 3.32. The van der Waals surface area contributed by atoms with Crippen molar-refractivity contribution in [1.82, 2.24) is 5.32 Å². The van der Waals surface area contributed by atoms with Gasteiger partial charge in [0.15, 0.2) is 0 Å². The van der Waals surface area contributed by atoms with Gasteiger partial charge in [-0.2, -0.15) is 0 Å². The maximum atomic E-state index is 13.7. The average molecular weight is 306 g/mol. The minimum absolute atomic E-state index is 0.106. The van der Waals surface area contributed by atoms with Gasteiger partial charge in [0, 0.05) is 18.7 Å². The average Bonchev–Trinajstić information content (AvgIpc) is 2.47. The minimum Gasteiger partial charge on any atom is -0.489 e. The first-order chi connectivity index (χ1) is 10.2. The Morgan fingerprint density at radius 2 is 2.05 bits per heavy atom. The predicted octanol–water partition coefficient (Wildman–Crippen LogP) is 4.33. The molecule has 0 heterocycles. The van der Waals surface area contributed by atoms with Crippen molar-refractivity contribution in [2.45, 2.75) is 13.2 Å².